The molecule has 27 heavy (non-hydrogen) atoms. The van der Waals surface area contributed by atoms with E-state index >= 15 is 0 Å². The highest BCUT2D eigenvalue weighted by atomic mass is 28.4. The Morgan fingerprint density at radius 1 is 0.926 bits per heavy atom. The van der Waals surface area contributed by atoms with Crippen LogP contribution in [0.25, 0.3) is 0 Å². The summed E-state index contributed by atoms with van der Waals surface area (Å²) < 4.78 is 77.3. The lowest BCUT2D eigenvalue weighted by Gasteiger charge is -2.28. The number of hydrogen-bond donors (Lipinski definition) is 2. The minimum absolute atomic E-state index is 0.0285. The minimum Gasteiger partial charge on any atom is -0.390 e. The molecule has 0 aliphatic heterocycles. The fourth-order valence-electron chi connectivity index (χ4n) is 2.29. The molecule has 11 heteroatoms. The average molecular weight is 415 g/mol. The number of carbonyl (C=O) groups excluding carboxylic acids is 1. The van der Waals surface area contributed by atoms with Gasteiger partial charge in [0.2, 0.25) is 5.82 Å². The van der Waals surface area contributed by atoms with Gasteiger partial charge in [0.05, 0.1) is 0 Å². The van der Waals surface area contributed by atoms with Crippen LogP contribution in [0.5, 0.6) is 0 Å². The van der Waals surface area contributed by atoms with Gasteiger partial charge in [-0.1, -0.05) is 0 Å². The summed E-state index contributed by atoms with van der Waals surface area (Å²) in [6.07, 6.45) is -0.532. The van der Waals surface area contributed by atoms with Gasteiger partial charge in [-0.15, -0.1) is 0 Å². The van der Waals surface area contributed by atoms with E-state index in [0.717, 1.165) is 0 Å². The lowest BCUT2D eigenvalue weighted by molar-refractivity contribution is 0.0472. The van der Waals surface area contributed by atoms with Gasteiger partial charge < -0.3 is 19.0 Å². The van der Waals surface area contributed by atoms with Crippen molar-refractivity contribution in [2.45, 2.75) is 52.4 Å². The zero-order valence-corrected chi connectivity index (χ0v) is 16.3. The molecule has 2 N–H and O–H groups in total. The van der Waals surface area contributed by atoms with E-state index in [2.05, 4.69) is 5.32 Å². The number of amides is 1. The van der Waals surface area contributed by atoms with E-state index in [9.17, 15) is 31.5 Å². The van der Waals surface area contributed by atoms with Gasteiger partial charge in [0.15, 0.2) is 23.3 Å². The summed E-state index contributed by atoms with van der Waals surface area (Å²) in [5, 5.41) is 2.06. The van der Waals surface area contributed by atoms with Gasteiger partial charge in [-0.25, -0.2) is 22.0 Å². The number of rotatable bonds is 9. The largest absolute Gasteiger partial charge is 0.498 e. The molecule has 5 nitrogen and oxygen atoms in total. The zero-order valence-electron chi connectivity index (χ0n) is 15.3. The Balaban J connectivity index is 2.76. The molecule has 1 aromatic rings. The van der Waals surface area contributed by atoms with Crippen LogP contribution in [-0.4, -0.2) is 38.3 Å². The van der Waals surface area contributed by atoms with E-state index in [-0.39, 0.29) is 31.2 Å². The molecule has 154 valence electrons. The third-order valence-electron chi connectivity index (χ3n) is 3.23. The second-order valence-electron chi connectivity index (χ2n) is 6.35. The van der Waals surface area contributed by atoms with E-state index < -0.39 is 49.4 Å². The van der Waals surface area contributed by atoms with Crippen LogP contribution < -0.4 is 5.32 Å². The molecular formula is C16H22F5NO4Si. The summed E-state index contributed by atoms with van der Waals surface area (Å²) in [7, 11) is -3.54. The van der Waals surface area contributed by atoms with Crippen LogP contribution in [0.1, 0.15) is 44.5 Å². The molecule has 0 aliphatic rings. The Labute approximate surface area is 154 Å². The fraction of sp³-hybridized carbons (Fsp3) is 0.562. The zero-order chi connectivity index (χ0) is 20.9. The maximum atomic E-state index is 13.6. The SMILES string of the molecule is CC(C)O[Si](O)(CCCNC(=O)c1c(F)c(F)c(F)c(F)c1F)OC(C)C. The number of benzene rings is 1. The Bertz CT molecular complexity index is 648. The highest BCUT2D eigenvalue weighted by Crippen LogP contribution is 2.23. The highest BCUT2D eigenvalue weighted by molar-refractivity contribution is 6.59. The smallest absolute Gasteiger partial charge is 0.390 e. The van der Waals surface area contributed by atoms with E-state index in [0.29, 0.717) is 0 Å². The Morgan fingerprint density at radius 3 is 1.74 bits per heavy atom. The van der Waals surface area contributed by atoms with Crippen molar-refractivity contribution in [2.24, 2.45) is 0 Å². The molecule has 0 fully saturated rings. The van der Waals surface area contributed by atoms with Crippen LogP contribution in [0.15, 0.2) is 0 Å². The molecule has 0 atom stereocenters. The summed E-state index contributed by atoms with van der Waals surface area (Å²) in [4.78, 5) is 22.3. The summed E-state index contributed by atoms with van der Waals surface area (Å²) in [5.41, 5.74) is -1.56. The Morgan fingerprint density at radius 2 is 1.33 bits per heavy atom. The number of carbonyl (C=O) groups is 1. The van der Waals surface area contributed by atoms with Crippen molar-refractivity contribution >= 4 is 14.7 Å². The van der Waals surface area contributed by atoms with Crippen LogP contribution in [-0.2, 0) is 8.85 Å². The van der Waals surface area contributed by atoms with Gasteiger partial charge in [0, 0.05) is 24.8 Å². The van der Waals surface area contributed by atoms with Gasteiger partial charge in [-0.2, -0.15) is 0 Å². The first-order chi connectivity index (χ1) is 12.4. The molecule has 0 aliphatic carbocycles. The monoisotopic (exact) mass is 415 g/mol. The summed E-state index contributed by atoms with van der Waals surface area (Å²) >= 11 is 0. The molecule has 0 heterocycles. The summed E-state index contributed by atoms with van der Waals surface area (Å²) in [6.45, 7) is 6.61. The molecule has 0 saturated heterocycles. The van der Waals surface area contributed by atoms with E-state index in [1.54, 1.807) is 27.7 Å². The second-order valence-corrected chi connectivity index (χ2v) is 8.75. The van der Waals surface area contributed by atoms with Crippen molar-refractivity contribution in [2.75, 3.05) is 6.54 Å². The molecule has 0 radical (unpaired) electrons. The van der Waals surface area contributed by atoms with Gasteiger partial charge in [0.25, 0.3) is 5.91 Å². The first-order valence-electron chi connectivity index (χ1n) is 8.27. The van der Waals surface area contributed by atoms with Crippen LogP contribution in [0, 0.1) is 29.1 Å². The summed E-state index contributed by atoms with van der Waals surface area (Å²) in [5.74, 6) is -12.6. The maximum absolute atomic E-state index is 13.6. The second kappa shape index (κ2) is 9.58. The quantitative estimate of drug-likeness (QED) is 0.214. The lowest BCUT2D eigenvalue weighted by Crippen LogP contribution is -2.46. The molecule has 1 amide bonds. The highest BCUT2D eigenvalue weighted by Gasteiger charge is 2.38. The molecule has 0 spiro atoms. The Kier molecular flexibility index (Phi) is 8.33. The normalized spacial score (nSPS) is 12.1. The number of halogens is 5. The van der Waals surface area contributed by atoms with Crippen molar-refractivity contribution in [3.63, 3.8) is 0 Å². The van der Waals surface area contributed by atoms with Gasteiger partial charge in [-0.05, 0) is 34.1 Å². The van der Waals surface area contributed by atoms with Crippen LogP contribution >= 0.6 is 0 Å². The minimum atomic E-state index is -3.54. The molecule has 1 rings (SSSR count). The fourth-order valence-corrected chi connectivity index (χ4v) is 4.68. The van der Waals surface area contributed by atoms with Crippen molar-refractivity contribution in [3.05, 3.63) is 34.6 Å². The first-order valence-corrected chi connectivity index (χ1v) is 10.2. The molecule has 0 saturated carbocycles. The molecule has 0 aromatic heterocycles. The molecule has 0 unspecified atom stereocenters. The topological polar surface area (TPSA) is 67.8 Å². The van der Waals surface area contributed by atoms with Crippen molar-refractivity contribution in [1.82, 2.24) is 5.32 Å². The van der Waals surface area contributed by atoms with Gasteiger partial charge in [-0.3, -0.25) is 4.79 Å². The third-order valence-corrected chi connectivity index (χ3v) is 5.90. The van der Waals surface area contributed by atoms with E-state index in [4.69, 9.17) is 8.85 Å². The average Bonchev–Trinajstić information content (AvgIpc) is 2.53. The number of hydrogen-bond acceptors (Lipinski definition) is 4. The van der Waals surface area contributed by atoms with E-state index in [1.165, 1.54) is 0 Å². The molecule has 0 bridgehead atoms. The van der Waals surface area contributed by atoms with Crippen LogP contribution in [0.4, 0.5) is 22.0 Å². The Hall–Kier alpha value is -1.56. The molecule has 1 aromatic carbocycles. The predicted octanol–water partition coefficient (Wildman–Crippen LogP) is 3.28. The van der Waals surface area contributed by atoms with Crippen molar-refractivity contribution < 1.29 is 40.4 Å². The first kappa shape index (κ1) is 23.5. The third kappa shape index (κ3) is 6.23. The standard InChI is InChI=1S/C16H22F5NO4Si/c1-8(2)25-27(24,26-9(3)4)7-5-6-22-16(23)10-11(17)13(19)15(21)14(20)12(10)18/h8-9,24H,5-7H2,1-4H3,(H,22,23). The van der Waals surface area contributed by atoms with E-state index in [1.807, 2.05) is 0 Å². The van der Waals surface area contributed by atoms with Gasteiger partial charge >= 0.3 is 8.80 Å². The van der Waals surface area contributed by atoms with Crippen molar-refractivity contribution in [3.8, 4) is 0 Å². The summed E-state index contributed by atoms with van der Waals surface area (Å²) in [6, 6.07) is 0.0285. The van der Waals surface area contributed by atoms with Crippen LogP contribution in [0.3, 0.4) is 0 Å². The lowest BCUT2D eigenvalue weighted by atomic mass is 10.1. The maximum Gasteiger partial charge on any atom is 0.498 e. The van der Waals surface area contributed by atoms with Crippen LogP contribution in [0.2, 0.25) is 6.04 Å². The number of nitrogens with one attached hydrogen (secondary N) is 1. The predicted molar refractivity (Wildman–Crippen MR) is 88.4 cm³/mol. The van der Waals surface area contributed by atoms with Gasteiger partial charge in [0.1, 0.15) is 5.56 Å². The van der Waals surface area contributed by atoms with Crippen molar-refractivity contribution in [1.29, 1.82) is 0 Å². The molecular weight excluding hydrogens is 393 g/mol.